The smallest absolute Gasteiger partial charge is 0.191 e. The minimum absolute atomic E-state index is 0.0791. The van der Waals surface area contributed by atoms with Gasteiger partial charge in [0.1, 0.15) is 0 Å². The second-order valence-corrected chi connectivity index (χ2v) is 6.46. The number of halogens is 1. The molecule has 0 aliphatic rings. The Morgan fingerprint density at radius 1 is 1.30 bits per heavy atom. The lowest BCUT2D eigenvalue weighted by atomic mass is 10.1. The van der Waals surface area contributed by atoms with Crippen LogP contribution in [0.5, 0.6) is 0 Å². The molecular formula is C17H22ClN3OS. The summed E-state index contributed by atoms with van der Waals surface area (Å²) in [5.41, 5.74) is 1.04. The van der Waals surface area contributed by atoms with Crippen molar-refractivity contribution in [3.8, 4) is 0 Å². The second kappa shape index (κ2) is 9.55. The van der Waals surface area contributed by atoms with Crippen LogP contribution >= 0.6 is 22.9 Å². The maximum absolute atomic E-state index is 6.04. The minimum atomic E-state index is -0.0791. The van der Waals surface area contributed by atoms with Crippen molar-refractivity contribution in [2.24, 2.45) is 4.99 Å². The van der Waals surface area contributed by atoms with Crippen LogP contribution in [0.25, 0.3) is 0 Å². The van der Waals surface area contributed by atoms with Gasteiger partial charge in [-0.25, -0.2) is 0 Å². The Bertz CT molecular complexity index is 616. The Kier molecular flexibility index (Phi) is 7.39. The van der Waals surface area contributed by atoms with Gasteiger partial charge in [-0.3, -0.25) is 4.99 Å². The van der Waals surface area contributed by atoms with Crippen molar-refractivity contribution in [2.45, 2.75) is 12.5 Å². The molecule has 1 atom stereocenters. The summed E-state index contributed by atoms with van der Waals surface area (Å²) >= 11 is 7.81. The van der Waals surface area contributed by atoms with Crippen molar-refractivity contribution in [1.29, 1.82) is 0 Å². The molecule has 0 fully saturated rings. The Morgan fingerprint density at radius 2 is 2.17 bits per heavy atom. The summed E-state index contributed by atoms with van der Waals surface area (Å²) in [6.07, 6.45) is 0.907. The zero-order valence-corrected chi connectivity index (χ0v) is 15.0. The largest absolute Gasteiger partial charge is 0.375 e. The zero-order chi connectivity index (χ0) is 16.5. The van der Waals surface area contributed by atoms with Crippen LogP contribution in [-0.4, -0.2) is 33.2 Å². The monoisotopic (exact) mass is 351 g/mol. The molecular weight excluding hydrogens is 330 g/mol. The molecule has 23 heavy (non-hydrogen) atoms. The lowest BCUT2D eigenvalue weighted by molar-refractivity contribution is 0.106. The highest BCUT2D eigenvalue weighted by Gasteiger charge is 2.11. The summed E-state index contributed by atoms with van der Waals surface area (Å²) in [7, 11) is 3.46. The van der Waals surface area contributed by atoms with Gasteiger partial charge in [0.2, 0.25) is 0 Å². The van der Waals surface area contributed by atoms with Crippen molar-refractivity contribution in [2.75, 3.05) is 27.2 Å². The molecule has 0 bridgehead atoms. The van der Waals surface area contributed by atoms with Crippen LogP contribution in [0.1, 0.15) is 16.5 Å². The van der Waals surface area contributed by atoms with Crippen molar-refractivity contribution in [3.05, 3.63) is 57.2 Å². The van der Waals surface area contributed by atoms with Gasteiger partial charge in [0, 0.05) is 37.1 Å². The van der Waals surface area contributed by atoms with Gasteiger partial charge in [0.15, 0.2) is 5.96 Å². The van der Waals surface area contributed by atoms with Crippen LogP contribution in [0.4, 0.5) is 0 Å². The molecule has 0 saturated heterocycles. The van der Waals surface area contributed by atoms with E-state index in [9.17, 15) is 0 Å². The summed E-state index contributed by atoms with van der Waals surface area (Å²) in [6, 6.07) is 11.9. The molecule has 124 valence electrons. The molecule has 2 aromatic rings. The molecule has 4 nitrogen and oxygen atoms in total. The van der Waals surface area contributed by atoms with Gasteiger partial charge in [-0.1, -0.05) is 29.8 Å². The van der Waals surface area contributed by atoms with E-state index in [0.29, 0.717) is 11.6 Å². The highest BCUT2D eigenvalue weighted by Crippen LogP contribution is 2.19. The van der Waals surface area contributed by atoms with Crippen LogP contribution in [-0.2, 0) is 11.2 Å². The normalized spacial score (nSPS) is 12.9. The van der Waals surface area contributed by atoms with Crippen molar-refractivity contribution in [1.82, 2.24) is 10.6 Å². The van der Waals surface area contributed by atoms with E-state index < -0.39 is 0 Å². The fourth-order valence-electron chi connectivity index (χ4n) is 2.21. The lowest BCUT2D eigenvalue weighted by Crippen LogP contribution is -2.40. The number of methoxy groups -OCH3 is 1. The van der Waals surface area contributed by atoms with E-state index in [1.54, 1.807) is 25.5 Å². The van der Waals surface area contributed by atoms with Crippen molar-refractivity contribution < 1.29 is 4.74 Å². The van der Waals surface area contributed by atoms with E-state index in [2.05, 4.69) is 33.1 Å². The van der Waals surface area contributed by atoms with E-state index in [4.69, 9.17) is 16.3 Å². The first-order valence-electron chi connectivity index (χ1n) is 7.48. The number of thiophene rings is 1. The lowest BCUT2D eigenvalue weighted by Gasteiger charge is -2.19. The summed E-state index contributed by atoms with van der Waals surface area (Å²) in [5, 5.41) is 9.41. The van der Waals surface area contributed by atoms with E-state index in [-0.39, 0.29) is 6.10 Å². The average molecular weight is 352 g/mol. The van der Waals surface area contributed by atoms with Gasteiger partial charge in [0.25, 0.3) is 0 Å². The fourth-order valence-corrected chi connectivity index (χ4v) is 3.12. The number of aliphatic imine (C=N–C) groups is 1. The predicted octanol–water partition coefficient (Wildman–Crippen LogP) is 3.50. The molecule has 2 N–H and O–H groups in total. The Hall–Kier alpha value is -1.56. The first-order chi connectivity index (χ1) is 11.2. The number of benzene rings is 1. The van der Waals surface area contributed by atoms with Crippen LogP contribution in [0, 0.1) is 0 Å². The van der Waals surface area contributed by atoms with Crippen LogP contribution < -0.4 is 10.6 Å². The topological polar surface area (TPSA) is 45.7 Å². The maximum atomic E-state index is 6.04. The molecule has 0 aliphatic carbocycles. The number of hydrogen-bond acceptors (Lipinski definition) is 3. The second-order valence-electron chi connectivity index (χ2n) is 4.99. The van der Waals surface area contributed by atoms with E-state index in [1.807, 2.05) is 24.3 Å². The summed E-state index contributed by atoms with van der Waals surface area (Å²) in [6.45, 7) is 1.46. The number of rotatable bonds is 7. The molecule has 0 spiro atoms. The first-order valence-corrected chi connectivity index (χ1v) is 8.74. The van der Waals surface area contributed by atoms with Crippen molar-refractivity contribution >= 4 is 28.9 Å². The first kappa shape index (κ1) is 17.8. The third-order valence-electron chi connectivity index (χ3n) is 3.43. The van der Waals surface area contributed by atoms with Crippen LogP contribution in [0.15, 0.2) is 46.8 Å². The number of ether oxygens (including phenoxy) is 1. The summed E-state index contributed by atoms with van der Waals surface area (Å²) < 4.78 is 5.55. The Morgan fingerprint density at radius 3 is 2.83 bits per heavy atom. The fraction of sp³-hybridized carbons (Fsp3) is 0.353. The van der Waals surface area contributed by atoms with E-state index >= 15 is 0 Å². The van der Waals surface area contributed by atoms with Crippen LogP contribution in [0.2, 0.25) is 5.02 Å². The third-order valence-corrected chi connectivity index (χ3v) is 4.60. The molecule has 1 aromatic heterocycles. The Balaban J connectivity index is 1.81. The standard InChI is InChI=1S/C17H22ClN3OS/c1-19-17(20-9-8-15-7-4-10-23-15)21-12-16(22-2)13-5-3-6-14(18)11-13/h3-7,10-11,16H,8-9,12H2,1-2H3,(H2,19,20,21). The average Bonchev–Trinajstić information content (AvgIpc) is 3.07. The van der Waals surface area contributed by atoms with Crippen molar-refractivity contribution in [3.63, 3.8) is 0 Å². The SMILES string of the molecule is CN=C(NCCc1cccs1)NCC(OC)c1cccc(Cl)c1. The highest BCUT2D eigenvalue weighted by molar-refractivity contribution is 7.09. The van der Waals surface area contributed by atoms with E-state index in [1.165, 1.54) is 4.88 Å². The highest BCUT2D eigenvalue weighted by atomic mass is 35.5. The van der Waals surface area contributed by atoms with Gasteiger partial charge in [-0.05, 0) is 35.6 Å². The molecule has 1 aromatic carbocycles. The predicted molar refractivity (Wildman–Crippen MR) is 98.6 cm³/mol. The molecule has 0 radical (unpaired) electrons. The number of guanidine groups is 1. The molecule has 2 rings (SSSR count). The molecule has 1 heterocycles. The van der Waals surface area contributed by atoms with Gasteiger partial charge in [-0.15, -0.1) is 11.3 Å². The summed E-state index contributed by atoms with van der Waals surface area (Å²) in [5.74, 6) is 0.769. The number of nitrogens with zero attached hydrogens (tertiary/aromatic N) is 1. The molecule has 0 amide bonds. The quantitative estimate of drug-likeness (QED) is 0.593. The third kappa shape index (κ3) is 5.86. The molecule has 1 unspecified atom stereocenters. The maximum Gasteiger partial charge on any atom is 0.191 e. The zero-order valence-electron chi connectivity index (χ0n) is 13.4. The molecule has 0 saturated carbocycles. The Labute approximate surface area is 146 Å². The van der Waals surface area contributed by atoms with Crippen LogP contribution in [0.3, 0.4) is 0 Å². The molecule has 6 heteroatoms. The van der Waals surface area contributed by atoms with Gasteiger partial charge in [-0.2, -0.15) is 0 Å². The van der Waals surface area contributed by atoms with Gasteiger partial charge >= 0.3 is 0 Å². The van der Waals surface area contributed by atoms with E-state index in [0.717, 1.165) is 24.5 Å². The van der Waals surface area contributed by atoms with Gasteiger partial charge < -0.3 is 15.4 Å². The van der Waals surface area contributed by atoms with Gasteiger partial charge in [0.05, 0.1) is 6.10 Å². The number of hydrogen-bond donors (Lipinski definition) is 2. The summed E-state index contributed by atoms with van der Waals surface area (Å²) in [4.78, 5) is 5.60. The molecule has 0 aliphatic heterocycles. The minimum Gasteiger partial charge on any atom is -0.375 e. The number of nitrogens with one attached hydrogen (secondary N) is 2.